The zero-order chi connectivity index (χ0) is 17.7. The van der Waals surface area contributed by atoms with Gasteiger partial charge in [-0.2, -0.15) is 5.10 Å². The summed E-state index contributed by atoms with van der Waals surface area (Å²) in [5, 5.41) is 10.2. The van der Waals surface area contributed by atoms with E-state index in [1.165, 1.54) is 6.33 Å². The Morgan fingerprint density at radius 2 is 2.20 bits per heavy atom. The van der Waals surface area contributed by atoms with Crippen molar-refractivity contribution in [3.05, 3.63) is 12.2 Å². The van der Waals surface area contributed by atoms with Crippen molar-refractivity contribution < 1.29 is 9.53 Å². The highest BCUT2D eigenvalue weighted by molar-refractivity contribution is 14.0. The van der Waals surface area contributed by atoms with E-state index in [1.54, 1.807) is 11.7 Å². The van der Waals surface area contributed by atoms with Crippen molar-refractivity contribution in [1.29, 1.82) is 0 Å². The third-order valence-corrected chi connectivity index (χ3v) is 3.63. The van der Waals surface area contributed by atoms with Crippen molar-refractivity contribution in [2.24, 2.45) is 12.0 Å². The molecule has 9 nitrogen and oxygen atoms in total. The zero-order valence-corrected chi connectivity index (χ0v) is 17.8. The predicted octanol–water partition coefficient (Wildman–Crippen LogP) is 1.11. The molecule has 1 amide bonds. The molecule has 1 atom stereocenters. The fourth-order valence-corrected chi connectivity index (χ4v) is 2.52. The predicted molar refractivity (Wildman–Crippen MR) is 106 cm³/mol. The number of amides is 1. The lowest BCUT2D eigenvalue weighted by atomic mass is 10.2. The molecule has 142 valence electrons. The number of hydrogen-bond donors (Lipinski definition) is 2. The second-order valence-electron chi connectivity index (χ2n) is 6.78. The number of likely N-dealkylation sites (tertiary alicyclic amines) is 1. The maximum atomic E-state index is 11.9. The van der Waals surface area contributed by atoms with E-state index in [-0.39, 0.29) is 36.1 Å². The number of carbonyl (C=O) groups excluding carboxylic acids is 1. The van der Waals surface area contributed by atoms with Crippen LogP contribution in [0.25, 0.3) is 0 Å². The van der Waals surface area contributed by atoms with Crippen LogP contribution in [0.4, 0.5) is 4.79 Å². The van der Waals surface area contributed by atoms with Crippen LogP contribution in [0.2, 0.25) is 0 Å². The molecule has 0 aliphatic carbocycles. The summed E-state index contributed by atoms with van der Waals surface area (Å²) >= 11 is 0. The Labute approximate surface area is 165 Å². The van der Waals surface area contributed by atoms with Crippen LogP contribution in [0.5, 0.6) is 0 Å². The molecule has 0 aromatic carbocycles. The molecular formula is C15H28IN7O2. The van der Waals surface area contributed by atoms with Crippen LogP contribution >= 0.6 is 24.0 Å². The molecule has 0 radical (unpaired) electrons. The summed E-state index contributed by atoms with van der Waals surface area (Å²) in [6, 6.07) is 0.0493. The minimum Gasteiger partial charge on any atom is -0.444 e. The number of aromatic nitrogens is 3. The van der Waals surface area contributed by atoms with Gasteiger partial charge in [0.2, 0.25) is 0 Å². The summed E-state index contributed by atoms with van der Waals surface area (Å²) in [7, 11) is 3.59. The normalized spacial score (nSPS) is 17.9. The number of halogens is 1. The van der Waals surface area contributed by atoms with Gasteiger partial charge in [-0.15, -0.1) is 24.0 Å². The van der Waals surface area contributed by atoms with Gasteiger partial charge in [-0.1, -0.05) is 0 Å². The van der Waals surface area contributed by atoms with Gasteiger partial charge < -0.3 is 20.3 Å². The third-order valence-electron chi connectivity index (χ3n) is 3.63. The number of ether oxygens (including phenoxy) is 1. The molecule has 1 unspecified atom stereocenters. The fourth-order valence-electron chi connectivity index (χ4n) is 2.52. The number of alkyl carbamates (subject to hydrolysis) is 1. The lowest BCUT2D eigenvalue weighted by Gasteiger charge is -2.23. The number of carbonyl (C=O) groups is 1. The first-order chi connectivity index (χ1) is 11.3. The number of guanidine groups is 1. The molecule has 0 bridgehead atoms. The zero-order valence-electron chi connectivity index (χ0n) is 15.4. The average Bonchev–Trinajstić information content (AvgIpc) is 3.07. The van der Waals surface area contributed by atoms with Gasteiger partial charge in [0.05, 0.1) is 12.6 Å². The molecule has 0 spiro atoms. The van der Waals surface area contributed by atoms with Crippen LogP contribution in [-0.4, -0.2) is 63.5 Å². The van der Waals surface area contributed by atoms with Gasteiger partial charge in [0, 0.05) is 27.2 Å². The highest BCUT2D eigenvalue weighted by atomic mass is 127. The Kier molecular flexibility index (Phi) is 7.90. The molecule has 25 heavy (non-hydrogen) atoms. The summed E-state index contributed by atoms with van der Waals surface area (Å²) in [4.78, 5) is 22.5. The van der Waals surface area contributed by atoms with Crippen LogP contribution in [0.1, 0.15) is 33.0 Å². The van der Waals surface area contributed by atoms with Crippen LogP contribution in [0, 0.1) is 0 Å². The van der Waals surface area contributed by atoms with E-state index in [4.69, 9.17) is 4.74 Å². The maximum Gasteiger partial charge on any atom is 0.407 e. The van der Waals surface area contributed by atoms with E-state index >= 15 is 0 Å². The van der Waals surface area contributed by atoms with E-state index in [0.29, 0.717) is 13.1 Å². The highest BCUT2D eigenvalue weighted by Gasteiger charge is 2.27. The van der Waals surface area contributed by atoms with Crippen molar-refractivity contribution in [1.82, 2.24) is 30.3 Å². The molecule has 1 fully saturated rings. The molecule has 2 N–H and O–H groups in total. The second-order valence-corrected chi connectivity index (χ2v) is 6.78. The van der Waals surface area contributed by atoms with Gasteiger partial charge in [-0.05, 0) is 27.2 Å². The fraction of sp³-hybridized carbons (Fsp3) is 0.733. The molecular weight excluding hydrogens is 437 g/mol. The lowest BCUT2D eigenvalue weighted by molar-refractivity contribution is 0.0507. The molecule has 10 heteroatoms. The molecule has 1 aliphatic heterocycles. The maximum absolute atomic E-state index is 11.9. The quantitative estimate of drug-likeness (QED) is 0.395. The Bertz CT molecular complexity index is 597. The second kappa shape index (κ2) is 9.20. The molecule has 1 aromatic heterocycles. The van der Waals surface area contributed by atoms with Gasteiger partial charge in [0.1, 0.15) is 17.8 Å². The minimum absolute atomic E-state index is 0. The number of aliphatic imine (C=N–C) groups is 1. The van der Waals surface area contributed by atoms with E-state index in [9.17, 15) is 4.79 Å². The van der Waals surface area contributed by atoms with E-state index in [1.807, 2.05) is 27.8 Å². The number of aryl methyl sites for hydroxylation is 1. The van der Waals surface area contributed by atoms with Crippen LogP contribution < -0.4 is 10.6 Å². The summed E-state index contributed by atoms with van der Waals surface area (Å²) in [6.45, 7) is 7.61. The number of rotatable bonds is 3. The monoisotopic (exact) mass is 465 g/mol. The van der Waals surface area contributed by atoms with Gasteiger partial charge >= 0.3 is 6.09 Å². The molecule has 1 aliphatic rings. The van der Waals surface area contributed by atoms with Crippen molar-refractivity contribution in [3.63, 3.8) is 0 Å². The summed E-state index contributed by atoms with van der Waals surface area (Å²) in [5.41, 5.74) is -0.490. The Morgan fingerprint density at radius 1 is 1.48 bits per heavy atom. The van der Waals surface area contributed by atoms with Crippen molar-refractivity contribution >= 4 is 36.0 Å². The molecule has 2 heterocycles. The number of nitrogens with one attached hydrogen (secondary N) is 2. The highest BCUT2D eigenvalue weighted by Crippen LogP contribution is 2.12. The number of nitrogens with zero attached hydrogens (tertiary/aromatic N) is 5. The Morgan fingerprint density at radius 3 is 2.76 bits per heavy atom. The summed E-state index contributed by atoms with van der Waals surface area (Å²) in [6.07, 6.45) is 2.00. The first-order valence-electron chi connectivity index (χ1n) is 8.06. The van der Waals surface area contributed by atoms with Gasteiger partial charge in [-0.25, -0.2) is 9.78 Å². The molecule has 1 saturated heterocycles. The summed E-state index contributed by atoms with van der Waals surface area (Å²) in [5.74, 6) is 1.62. The first-order valence-corrected chi connectivity index (χ1v) is 8.06. The van der Waals surface area contributed by atoms with Crippen LogP contribution in [-0.2, 0) is 18.3 Å². The van der Waals surface area contributed by atoms with E-state index in [0.717, 1.165) is 24.7 Å². The van der Waals surface area contributed by atoms with E-state index in [2.05, 4.69) is 30.6 Å². The van der Waals surface area contributed by atoms with Crippen molar-refractivity contribution in [2.75, 3.05) is 20.1 Å². The first kappa shape index (κ1) is 21.5. The SMILES string of the molecule is CN=C(NCc1ncnn1C)N1CCC(NC(=O)OC(C)(C)C)C1.I. The van der Waals surface area contributed by atoms with E-state index < -0.39 is 5.60 Å². The minimum atomic E-state index is -0.490. The molecule has 2 rings (SSSR count). The van der Waals surface area contributed by atoms with Gasteiger partial charge in [0.15, 0.2) is 5.96 Å². The van der Waals surface area contributed by atoms with Crippen LogP contribution in [0.3, 0.4) is 0 Å². The van der Waals surface area contributed by atoms with Crippen molar-refractivity contribution in [2.45, 2.75) is 45.4 Å². The molecule has 1 aromatic rings. The van der Waals surface area contributed by atoms with Crippen LogP contribution in [0.15, 0.2) is 11.3 Å². The topological polar surface area (TPSA) is 96.7 Å². The van der Waals surface area contributed by atoms with Crippen molar-refractivity contribution in [3.8, 4) is 0 Å². The Balaban J connectivity index is 0.00000312. The largest absolute Gasteiger partial charge is 0.444 e. The van der Waals surface area contributed by atoms with Gasteiger partial charge in [0.25, 0.3) is 0 Å². The number of hydrogen-bond acceptors (Lipinski definition) is 5. The smallest absolute Gasteiger partial charge is 0.407 e. The average molecular weight is 465 g/mol. The summed E-state index contributed by atoms with van der Waals surface area (Å²) < 4.78 is 7.02. The van der Waals surface area contributed by atoms with Gasteiger partial charge in [-0.3, -0.25) is 9.67 Å². The third kappa shape index (κ3) is 6.67. The molecule has 0 saturated carbocycles. The standard InChI is InChI=1S/C15H27N7O2.HI/c1-15(2,3)24-14(23)20-11-6-7-22(9-11)13(16-4)17-8-12-18-10-19-21(12)5;/h10-11H,6-9H2,1-5H3,(H,16,17)(H,20,23);1H. The lowest BCUT2D eigenvalue weighted by Crippen LogP contribution is -2.44. The Hall–Kier alpha value is -1.59.